The van der Waals surface area contributed by atoms with E-state index in [1.165, 1.54) is 16.7 Å². The van der Waals surface area contributed by atoms with Crippen molar-refractivity contribution >= 4 is 24.0 Å². The van der Waals surface area contributed by atoms with Gasteiger partial charge >= 0.3 is 0 Å². The molecule has 0 heterocycles. The van der Waals surface area contributed by atoms with E-state index >= 15 is 0 Å². The lowest BCUT2D eigenvalue weighted by Gasteiger charge is -2.31. The number of aryl methyl sites for hydroxylation is 1. The van der Waals surface area contributed by atoms with Crippen LogP contribution in [-0.2, 0) is 5.41 Å². The number of fused-ring (bicyclic) bond motifs is 1. The Morgan fingerprint density at radius 1 is 0.839 bits per heavy atom. The van der Waals surface area contributed by atoms with E-state index in [2.05, 4.69) is 93.3 Å². The van der Waals surface area contributed by atoms with Gasteiger partial charge in [0.1, 0.15) is 6.29 Å². The first kappa shape index (κ1) is 20.6. The summed E-state index contributed by atoms with van der Waals surface area (Å²) < 4.78 is 0. The molecule has 1 nitrogen and oxygen atoms in total. The lowest BCUT2D eigenvalue weighted by atomic mass is 9.73. The van der Waals surface area contributed by atoms with Gasteiger partial charge in [-0.15, -0.1) is 0 Å². The molecule has 0 amide bonds. The Labute approximate surface area is 185 Å². The van der Waals surface area contributed by atoms with Gasteiger partial charge in [0.25, 0.3) is 0 Å². The van der Waals surface area contributed by atoms with Crippen LogP contribution >= 0.6 is 0 Å². The average Bonchev–Trinajstić information content (AvgIpc) is 2.77. The van der Waals surface area contributed by atoms with Crippen LogP contribution < -0.4 is 0 Å². The molecule has 1 heteroatoms. The Hall–Kier alpha value is -3.63. The third-order valence-electron chi connectivity index (χ3n) is 5.78. The van der Waals surface area contributed by atoms with Gasteiger partial charge in [-0.2, -0.15) is 0 Å². The molecular formula is C30H26O. The first-order valence-corrected chi connectivity index (χ1v) is 10.6. The second-order valence-electron chi connectivity index (χ2n) is 8.75. The predicted molar refractivity (Wildman–Crippen MR) is 131 cm³/mol. The molecule has 0 N–H and O–H groups in total. The van der Waals surface area contributed by atoms with E-state index in [9.17, 15) is 4.79 Å². The van der Waals surface area contributed by atoms with E-state index in [1.807, 2.05) is 24.3 Å². The molecule has 3 aromatic rings. The number of hydrogen-bond acceptors (Lipinski definition) is 1. The maximum atomic E-state index is 10.8. The van der Waals surface area contributed by atoms with E-state index < -0.39 is 0 Å². The molecule has 0 aromatic heterocycles. The van der Waals surface area contributed by atoms with E-state index in [1.54, 1.807) is 0 Å². The fraction of sp³-hybridized carbons (Fsp3) is 0.167. The zero-order valence-corrected chi connectivity index (χ0v) is 18.3. The van der Waals surface area contributed by atoms with E-state index in [-0.39, 0.29) is 5.41 Å². The van der Waals surface area contributed by atoms with Crippen molar-refractivity contribution in [3.63, 3.8) is 0 Å². The number of allylic oxidation sites excluding steroid dienone is 2. The molecule has 3 aromatic carbocycles. The molecule has 0 atom stereocenters. The number of carbonyl (C=O) groups is 1. The van der Waals surface area contributed by atoms with Gasteiger partial charge in [-0.05, 0) is 64.8 Å². The molecule has 4 rings (SSSR count). The van der Waals surface area contributed by atoms with Crippen LogP contribution in [0.25, 0.3) is 17.7 Å². The minimum Gasteiger partial charge on any atom is -0.298 e. The predicted octanol–water partition coefficient (Wildman–Crippen LogP) is 7.09. The molecule has 0 radical (unpaired) electrons. The fourth-order valence-corrected chi connectivity index (χ4v) is 3.91. The Morgan fingerprint density at radius 3 is 2.29 bits per heavy atom. The first-order chi connectivity index (χ1) is 14.9. The quantitative estimate of drug-likeness (QED) is 0.259. The summed E-state index contributed by atoms with van der Waals surface area (Å²) >= 11 is 0. The SMILES string of the molecule is Cc1cccc(C#CC2=CCC(C)(C)c3ccc(/C=C/c4ccc(C=O)cc4)cc32)c1. The van der Waals surface area contributed by atoms with Crippen LogP contribution in [0.4, 0.5) is 0 Å². The summed E-state index contributed by atoms with van der Waals surface area (Å²) in [6.07, 6.45) is 8.31. The molecule has 0 bridgehead atoms. The Morgan fingerprint density at radius 2 is 1.55 bits per heavy atom. The van der Waals surface area contributed by atoms with Crippen molar-refractivity contribution < 1.29 is 4.79 Å². The van der Waals surface area contributed by atoms with Crippen molar-refractivity contribution in [1.29, 1.82) is 0 Å². The van der Waals surface area contributed by atoms with Crippen molar-refractivity contribution in [2.24, 2.45) is 0 Å². The van der Waals surface area contributed by atoms with Gasteiger partial charge in [-0.25, -0.2) is 0 Å². The maximum absolute atomic E-state index is 10.8. The molecule has 0 saturated heterocycles. The average molecular weight is 403 g/mol. The van der Waals surface area contributed by atoms with Crippen molar-refractivity contribution in [2.75, 3.05) is 0 Å². The molecule has 1 aliphatic carbocycles. The van der Waals surface area contributed by atoms with Crippen LogP contribution in [-0.4, -0.2) is 6.29 Å². The van der Waals surface area contributed by atoms with Gasteiger partial charge in [0.15, 0.2) is 0 Å². The zero-order chi connectivity index (χ0) is 21.8. The molecule has 0 unspecified atom stereocenters. The largest absolute Gasteiger partial charge is 0.298 e. The Balaban J connectivity index is 1.67. The van der Waals surface area contributed by atoms with Crippen molar-refractivity contribution in [3.8, 4) is 11.8 Å². The minimum atomic E-state index is 0.0940. The molecular weight excluding hydrogens is 376 g/mol. The highest BCUT2D eigenvalue weighted by atomic mass is 16.1. The maximum Gasteiger partial charge on any atom is 0.150 e. The summed E-state index contributed by atoms with van der Waals surface area (Å²) in [7, 11) is 0. The van der Waals surface area contributed by atoms with E-state index in [4.69, 9.17) is 0 Å². The third kappa shape index (κ3) is 4.76. The van der Waals surface area contributed by atoms with Crippen molar-refractivity contribution in [1.82, 2.24) is 0 Å². The highest BCUT2D eigenvalue weighted by molar-refractivity contribution is 5.85. The molecule has 0 fully saturated rings. The highest BCUT2D eigenvalue weighted by Gasteiger charge is 2.27. The number of carbonyl (C=O) groups excluding carboxylic acids is 1. The molecule has 152 valence electrons. The highest BCUT2D eigenvalue weighted by Crippen LogP contribution is 2.39. The van der Waals surface area contributed by atoms with Crippen LogP contribution in [0.2, 0.25) is 0 Å². The summed E-state index contributed by atoms with van der Waals surface area (Å²) in [5.74, 6) is 6.77. The second kappa shape index (κ2) is 8.62. The Bertz CT molecular complexity index is 1240. The lowest BCUT2D eigenvalue weighted by molar-refractivity contribution is 0.112. The standard InChI is InChI=1S/C30H26O/c1-22-5-4-6-24(19-22)13-15-27-17-18-30(2,3)29-16-14-25(20-28(27)29)10-7-23-8-11-26(21-31)12-9-23/h4-12,14,16-17,19-21H,18H2,1-3H3/b10-7+. The minimum absolute atomic E-state index is 0.0940. The van der Waals surface area contributed by atoms with Gasteiger partial charge in [-0.3, -0.25) is 4.79 Å². The number of hydrogen-bond donors (Lipinski definition) is 0. The topological polar surface area (TPSA) is 17.1 Å². The monoisotopic (exact) mass is 402 g/mol. The summed E-state index contributed by atoms with van der Waals surface area (Å²) in [5, 5.41) is 0. The fourth-order valence-electron chi connectivity index (χ4n) is 3.91. The molecule has 1 aliphatic rings. The number of benzene rings is 3. The third-order valence-corrected chi connectivity index (χ3v) is 5.78. The lowest BCUT2D eigenvalue weighted by Crippen LogP contribution is -2.21. The van der Waals surface area contributed by atoms with Crippen LogP contribution in [0.15, 0.2) is 72.8 Å². The van der Waals surface area contributed by atoms with Crippen LogP contribution in [0, 0.1) is 18.8 Å². The normalized spacial score (nSPS) is 14.4. The molecule has 0 saturated carbocycles. The zero-order valence-electron chi connectivity index (χ0n) is 18.3. The van der Waals surface area contributed by atoms with E-state index in [0.29, 0.717) is 5.56 Å². The van der Waals surface area contributed by atoms with Crippen LogP contribution in [0.1, 0.15) is 64.0 Å². The van der Waals surface area contributed by atoms with Crippen molar-refractivity contribution in [3.05, 3.63) is 112 Å². The Kier molecular flexibility index (Phi) is 5.74. The summed E-state index contributed by atoms with van der Waals surface area (Å²) in [6, 6.07) is 22.6. The first-order valence-electron chi connectivity index (χ1n) is 10.6. The van der Waals surface area contributed by atoms with Gasteiger partial charge in [0.2, 0.25) is 0 Å². The van der Waals surface area contributed by atoms with Crippen molar-refractivity contribution in [2.45, 2.75) is 32.6 Å². The van der Waals surface area contributed by atoms with Gasteiger partial charge < -0.3 is 0 Å². The summed E-state index contributed by atoms with van der Waals surface area (Å²) in [6.45, 7) is 6.67. The molecule has 0 spiro atoms. The van der Waals surface area contributed by atoms with Gasteiger partial charge in [0, 0.05) is 16.7 Å². The van der Waals surface area contributed by atoms with Gasteiger partial charge in [0.05, 0.1) is 0 Å². The van der Waals surface area contributed by atoms with Gasteiger partial charge in [-0.1, -0.05) is 92.4 Å². The van der Waals surface area contributed by atoms with Crippen LogP contribution in [0.3, 0.4) is 0 Å². The number of rotatable bonds is 3. The second-order valence-corrected chi connectivity index (χ2v) is 8.75. The molecule has 31 heavy (non-hydrogen) atoms. The summed E-state index contributed by atoms with van der Waals surface area (Å²) in [4.78, 5) is 10.8. The molecule has 0 aliphatic heterocycles. The van der Waals surface area contributed by atoms with E-state index in [0.717, 1.165) is 35.0 Å². The van der Waals surface area contributed by atoms with Crippen LogP contribution in [0.5, 0.6) is 0 Å². The summed E-state index contributed by atoms with van der Waals surface area (Å²) in [5.41, 5.74) is 8.92. The number of aldehydes is 1. The smallest absolute Gasteiger partial charge is 0.150 e.